The number of hydrogen-bond acceptors (Lipinski definition) is 3. The maximum Gasteiger partial charge on any atom is 0.410 e. The van der Waals surface area contributed by atoms with E-state index in [4.69, 9.17) is 4.74 Å². The van der Waals surface area contributed by atoms with Crippen LogP contribution in [0.3, 0.4) is 0 Å². The number of hydrogen-bond donors (Lipinski definition) is 0. The standard InChI is InChI=1S/C13H22N2O3/c1-5-11(16)14-7-9-6-10(8-14)15(9)12(17)18-13(2,3)4/h9-10H,5-8H2,1-4H3. The second-order valence-corrected chi connectivity index (χ2v) is 6.08. The van der Waals surface area contributed by atoms with Gasteiger partial charge in [0.25, 0.3) is 0 Å². The normalized spacial score (nSPS) is 26.7. The van der Waals surface area contributed by atoms with Crippen molar-refractivity contribution in [3.05, 3.63) is 0 Å². The van der Waals surface area contributed by atoms with Crippen LogP contribution in [0.1, 0.15) is 40.5 Å². The van der Waals surface area contributed by atoms with E-state index in [1.54, 1.807) is 4.90 Å². The molecule has 0 aliphatic carbocycles. The molecule has 0 aromatic rings. The molecule has 102 valence electrons. The van der Waals surface area contributed by atoms with E-state index < -0.39 is 5.60 Å². The molecular weight excluding hydrogens is 232 g/mol. The van der Waals surface area contributed by atoms with Crippen LogP contribution >= 0.6 is 0 Å². The molecule has 0 saturated carbocycles. The molecule has 0 aromatic carbocycles. The van der Waals surface area contributed by atoms with E-state index in [-0.39, 0.29) is 24.1 Å². The largest absolute Gasteiger partial charge is 0.444 e. The first kappa shape index (κ1) is 13.2. The van der Waals surface area contributed by atoms with Gasteiger partial charge in [-0.2, -0.15) is 0 Å². The third-order valence-corrected chi connectivity index (χ3v) is 3.45. The fraction of sp³-hybridized carbons (Fsp3) is 0.846. The Kier molecular flexibility index (Phi) is 3.25. The summed E-state index contributed by atoms with van der Waals surface area (Å²) in [7, 11) is 0. The van der Waals surface area contributed by atoms with Crippen LogP contribution in [0.4, 0.5) is 4.79 Å². The maximum atomic E-state index is 12.0. The number of fused-ring (bicyclic) bond motifs is 2. The van der Waals surface area contributed by atoms with Crippen LogP contribution < -0.4 is 0 Å². The van der Waals surface area contributed by atoms with Crippen LogP contribution in [0.5, 0.6) is 0 Å². The minimum atomic E-state index is -0.458. The molecular formula is C13H22N2O3. The second-order valence-electron chi connectivity index (χ2n) is 6.08. The molecule has 2 unspecified atom stereocenters. The zero-order valence-electron chi connectivity index (χ0n) is 11.6. The molecule has 0 radical (unpaired) electrons. The third kappa shape index (κ3) is 2.44. The molecule has 0 spiro atoms. The Labute approximate surface area is 108 Å². The minimum absolute atomic E-state index is 0.147. The summed E-state index contributed by atoms with van der Waals surface area (Å²) in [6.45, 7) is 8.78. The lowest BCUT2D eigenvalue weighted by molar-refractivity contribution is -0.142. The van der Waals surface area contributed by atoms with E-state index in [0.29, 0.717) is 19.5 Å². The van der Waals surface area contributed by atoms with Crippen LogP contribution in [0.25, 0.3) is 0 Å². The Balaban J connectivity index is 1.93. The first-order valence-electron chi connectivity index (χ1n) is 6.61. The molecule has 3 heterocycles. The van der Waals surface area contributed by atoms with Crippen molar-refractivity contribution in [3.8, 4) is 0 Å². The van der Waals surface area contributed by atoms with Crippen molar-refractivity contribution in [1.82, 2.24) is 9.80 Å². The molecule has 18 heavy (non-hydrogen) atoms. The van der Waals surface area contributed by atoms with Gasteiger partial charge in [0.1, 0.15) is 5.60 Å². The predicted molar refractivity (Wildman–Crippen MR) is 67.1 cm³/mol. The van der Waals surface area contributed by atoms with Crippen LogP contribution in [-0.2, 0) is 9.53 Å². The number of nitrogens with zero attached hydrogens (tertiary/aromatic N) is 2. The summed E-state index contributed by atoms with van der Waals surface area (Å²) in [5, 5.41) is 0. The Bertz CT molecular complexity index is 350. The average Bonchev–Trinajstić information content (AvgIpc) is 2.25. The van der Waals surface area contributed by atoms with E-state index in [0.717, 1.165) is 6.42 Å². The van der Waals surface area contributed by atoms with Crippen molar-refractivity contribution < 1.29 is 14.3 Å². The average molecular weight is 254 g/mol. The number of rotatable bonds is 1. The molecule has 3 saturated heterocycles. The summed E-state index contributed by atoms with van der Waals surface area (Å²) in [6, 6.07) is 0.295. The Morgan fingerprint density at radius 2 is 1.78 bits per heavy atom. The Morgan fingerprint density at radius 3 is 2.22 bits per heavy atom. The highest BCUT2D eigenvalue weighted by Gasteiger charge is 2.49. The van der Waals surface area contributed by atoms with Crippen molar-refractivity contribution in [2.75, 3.05) is 13.1 Å². The monoisotopic (exact) mass is 254 g/mol. The van der Waals surface area contributed by atoms with E-state index in [1.807, 2.05) is 32.6 Å². The molecule has 3 fully saturated rings. The number of piperidine rings is 1. The predicted octanol–water partition coefficient (Wildman–Crippen LogP) is 1.62. The lowest BCUT2D eigenvalue weighted by Gasteiger charge is -2.55. The highest BCUT2D eigenvalue weighted by Crippen LogP contribution is 2.33. The van der Waals surface area contributed by atoms with Gasteiger partial charge >= 0.3 is 6.09 Å². The van der Waals surface area contributed by atoms with Crippen molar-refractivity contribution in [3.63, 3.8) is 0 Å². The summed E-state index contributed by atoms with van der Waals surface area (Å²) in [5.41, 5.74) is -0.458. The molecule has 0 aromatic heterocycles. The molecule has 2 amide bonds. The summed E-state index contributed by atoms with van der Waals surface area (Å²) >= 11 is 0. The molecule has 5 nitrogen and oxygen atoms in total. The smallest absolute Gasteiger partial charge is 0.410 e. The molecule has 2 atom stereocenters. The third-order valence-electron chi connectivity index (χ3n) is 3.45. The van der Waals surface area contributed by atoms with E-state index in [1.165, 1.54) is 0 Å². The van der Waals surface area contributed by atoms with Crippen LogP contribution in [0, 0.1) is 0 Å². The van der Waals surface area contributed by atoms with Gasteiger partial charge in [-0.15, -0.1) is 0 Å². The zero-order valence-corrected chi connectivity index (χ0v) is 11.6. The van der Waals surface area contributed by atoms with Gasteiger partial charge < -0.3 is 9.64 Å². The van der Waals surface area contributed by atoms with Gasteiger partial charge in [0.2, 0.25) is 5.91 Å². The van der Waals surface area contributed by atoms with E-state index in [9.17, 15) is 9.59 Å². The zero-order chi connectivity index (χ0) is 13.5. The Hall–Kier alpha value is -1.26. The first-order valence-corrected chi connectivity index (χ1v) is 6.61. The highest BCUT2D eigenvalue weighted by molar-refractivity contribution is 5.77. The second kappa shape index (κ2) is 4.44. The van der Waals surface area contributed by atoms with Crippen LogP contribution in [0.2, 0.25) is 0 Å². The van der Waals surface area contributed by atoms with Gasteiger partial charge in [-0.1, -0.05) is 6.92 Å². The fourth-order valence-corrected chi connectivity index (χ4v) is 2.65. The maximum absolute atomic E-state index is 12.0. The molecule has 3 aliphatic rings. The lowest BCUT2D eigenvalue weighted by atomic mass is 9.88. The summed E-state index contributed by atoms with van der Waals surface area (Å²) < 4.78 is 5.38. The van der Waals surface area contributed by atoms with Crippen molar-refractivity contribution in [1.29, 1.82) is 0 Å². The number of carbonyl (C=O) groups is 2. The van der Waals surface area contributed by atoms with Crippen molar-refractivity contribution in [2.24, 2.45) is 0 Å². The van der Waals surface area contributed by atoms with E-state index >= 15 is 0 Å². The van der Waals surface area contributed by atoms with Crippen molar-refractivity contribution >= 4 is 12.0 Å². The molecule has 5 heteroatoms. The van der Waals surface area contributed by atoms with Gasteiger partial charge in [-0.25, -0.2) is 4.79 Å². The minimum Gasteiger partial charge on any atom is -0.444 e. The molecule has 2 bridgehead atoms. The number of piperazine rings is 1. The number of ether oxygens (including phenoxy) is 1. The first-order chi connectivity index (χ1) is 8.31. The highest BCUT2D eigenvalue weighted by atomic mass is 16.6. The lowest BCUT2D eigenvalue weighted by Crippen LogP contribution is -2.71. The fourth-order valence-electron chi connectivity index (χ4n) is 2.65. The van der Waals surface area contributed by atoms with Crippen molar-refractivity contribution in [2.45, 2.75) is 58.2 Å². The summed E-state index contributed by atoms with van der Waals surface area (Å²) in [5.74, 6) is 0.175. The molecule has 0 N–H and O–H groups in total. The van der Waals surface area contributed by atoms with Gasteiger partial charge in [-0.3, -0.25) is 9.69 Å². The Morgan fingerprint density at radius 1 is 1.22 bits per heavy atom. The van der Waals surface area contributed by atoms with E-state index in [2.05, 4.69) is 0 Å². The number of amides is 2. The number of carbonyl (C=O) groups excluding carboxylic acids is 2. The quantitative estimate of drug-likeness (QED) is 0.714. The van der Waals surface area contributed by atoms with Gasteiger partial charge in [0.15, 0.2) is 0 Å². The van der Waals surface area contributed by atoms with Gasteiger partial charge in [-0.05, 0) is 27.2 Å². The van der Waals surface area contributed by atoms with Crippen LogP contribution in [-0.4, -0.2) is 52.6 Å². The molecule has 3 rings (SSSR count). The van der Waals surface area contributed by atoms with Gasteiger partial charge in [0.05, 0.1) is 12.1 Å². The summed E-state index contributed by atoms with van der Waals surface area (Å²) in [6.07, 6.45) is 1.28. The molecule has 3 aliphatic heterocycles. The SMILES string of the molecule is CCC(=O)N1CC2CC(C1)N2C(=O)OC(C)(C)C. The summed E-state index contributed by atoms with van der Waals surface area (Å²) in [4.78, 5) is 27.3. The van der Waals surface area contributed by atoms with Gasteiger partial charge in [0, 0.05) is 19.5 Å². The van der Waals surface area contributed by atoms with Crippen LogP contribution in [0.15, 0.2) is 0 Å². The topological polar surface area (TPSA) is 49.9 Å².